The summed E-state index contributed by atoms with van der Waals surface area (Å²) in [5.41, 5.74) is 9.07. The van der Waals surface area contributed by atoms with Crippen molar-refractivity contribution in [3.8, 4) is 17.6 Å². The van der Waals surface area contributed by atoms with Gasteiger partial charge in [-0.05, 0) is 61.1 Å². The maximum absolute atomic E-state index is 13.8. The Morgan fingerprint density at radius 1 is 1.08 bits per heavy atom. The quantitative estimate of drug-likeness (QED) is 0.189. The molecule has 5 N–H and O–H groups in total. The van der Waals surface area contributed by atoms with Gasteiger partial charge >= 0.3 is 24.3 Å². The number of halogens is 6. The number of ether oxygens (including phenoxy) is 1. The Balaban J connectivity index is 0.000000564. The maximum atomic E-state index is 13.8. The number of imidazole rings is 1. The van der Waals surface area contributed by atoms with E-state index < -0.39 is 29.7 Å². The van der Waals surface area contributed by atoms with Crippen LogP contribution < -0.4 is 10.5 Å². The maximum Gasteiger partial charge on any atom is 0.490 e. The zero-order valence-corrected chi connectivity index (χ0v) is 28.2. The minimum Gasteiger partial charge on any atom is -0.475 e. The van der Waals surface area contributed by atoms with Crippen LogP contribution in [-0.4, -0.2) is 79.7 Å². The van der Waals surface area contributed by atoms with E-state index >= 15 is 0 Å². The van der Waals surface area contributed by atoms with Gasteiger partial charge in [-0.15, -0.1) is 0 Å². The summed E-state index contributed by atoms with van der Waals surface area (Å²) in [5, 5.41) is 33.3. The molecule has 1 fully saturated rings. The predicted molar refractivity (Wildman–Crippen MR) is 173 cm³/mol. The van der Waals surface area contributed by atoms with E-state index in [-0.39, 0.29) is 18.6 Å². The lowest BCUT2D eigenvalue weighted by atomic mass is 9.73. The summed E-state index contributed by atoms with van der Waals surface area (Å²) in [4.78, 5) is 37.6. The highest BCUT2D eigenvalue weighted by Crippen LogP contribution is 2.40. The fourth-order valence-electron chi connectivity index (χ4n) is 5.37. The Bertz CT molecular complexity index is 1680. The third-order valence-electron chi connectivity index (χ3n) is 8.17. The van der Waals surface area contributed by atoms with Crippen molar-refractivity contribution in [3.05, 3.63) is 77.4 Å². The molecule has 0 radical (unpaired) electrons. The van der Waals surface area contributed by atoms with E-state index in [2.05, 4.69) is 18.0 Å². The molecule has 2 heterocycles. The van der Waals surface area contributed by atoms with Crippen LogP contribution in [0.25, 0.3) is 0 Å². The number of aromatic nitrogens is 2. The van der Waals surface area contributed by atoms with Crippen LogP contribution in [0.4, 0.5) is 26.3 Å². The van der Waals surface area contributed by atoms with Crippen molar-refractivity contribution in [2.75, 3.05) is 19.7 Å². The number of aliphatic hydroxyl groups is 1. The Kier molecular flexibility index (Phi) is 15.6. The Morgan fingerprint density at radius 2 is 1.71 bits per heavy atom. The number of hydrogen-bond donors (Lipinski definition) is 4. The topological polar surface area (TPSA) is 192 Å². The van der Waals surface area contributed by atoms with Crippen LogP contribution in [0.15, 0.2) is 55.0 Å². The van der Waals surface area contributed by atoms with Crippen LogP contribution in [0, 0.1) is 11.3 Å². The molecule has 1 aliphatic heterocycles. The molecule has 12 nitrogen and oxygen atoms in total. The number of carboxylic acid groups (broad SMARTS) is 2. The second kappa shape index (κ2) is 18.9. The molecule has 284 valence electrons. The number of benzene rings is 2. The summed E-state index contributed by atoms with van der Waals surface area (Å²) in [6, 6.07) is 15.0. The number of hydrogen-bond acceptors (Lipinski definition) is 8. The molecular weight excluding hydrogens is 704 g/mol. The number of aliphatic carboxylic acids is 2. The monoisotopic (exact) mass is 743 g/mol. The lowest BCUT2D eigenvalue weighted by molar-refractivity contribution is -0.193. The molecule has 2 unspecified atom stereocenters. The van der Waals surface area contributed by atoms with Crippen molar-refractivity contribution in [2.45, 2.75) is 69.3 Å². The van der Waals surface area contributed by atoms with Crippen LogP contribution in [0.1, 0.15) is 67.5 Å². The first-order valence-corrected chi connectivity index (χ1v) is 15.8. The van der Waals surface area contributed by atoms with Gasteiger partial charge in [0.2, 0.25) is 5.91 Å². The average molecular weight is 744 g/mol. The van der Waals surface area contributed by atoms with Gasteiger partial charge in [0.25, 0.3) is 0 Å². The fraction of sp³-hybridized carbons (Fsp3) is 0.441. The number of carbonyl (C=O) groups is 3. The van der Waals surface area contributed by atoms with E-state index in [1.165, 1.54) is 0 Å². The minimum absolute atomic E-state index is 0.0677. The molecule has 1 aromatic heterocycles. The Labute approximate surface area is 295 Å². The van der Waals surface area contributed by atoms with Gasteiger partial charge in [0.05, 0.1) is 17.3 Å². The van der Waals surface area contributed by atoms with E-state index in [4.69, 9.17) is 30.3 Å². The highest BCUT2D eigenvalue weighted by Gasteiger charge is 2.42. The summed E-state index contributed by atoms with van der Waals surface area (Å²) in [7, 11) is 1.93. The van der Waals surface area contributed by atoms with Gasteiger partial charge in [0.15, 0.2) is 0 Å². The number of amides is 1. The number of alkyl halides is 6. The highest BCUT2D eigenvalue weighted by molar-refractivity contribution is 5.88. The first kappa shape index (κ1) is 43.0. The largest absolute Gasteiger partial charge is 0.490 e. The Morgan fingerprint density at radius 3 is 2.23 bits per heavy atom. The van der Waals surface area contributed by atoms with Crippen LogP contribution in [-0.2, 0) is 33.3 Å². The van der Waals surface area contributed by atoms with Crippen molar-refractivity contribution >= 4 is 17.8 Å². The summed E-state index contributed by atoms with van der Waals surface area (Å²) >= 11 is 0. The van der Waals surface area contributed by atoms with Gasteiger partial charge < -0.3 is 35.3 Å². The molecule has 18 heteroatoms. The second-order valence-corrected chi connectivity index (χ2v) is 11.7. The number of rotatable bonds is 10. The minimum atomic E-state index is -5.08. The summed E-state index contributed by atoms with van der Waals surface area (Å²) in [5.74, 6) is -4.39. The average Bonchev–Trinajstić information content (AvgIpc) is 3.41. The third-order valence-corrected chi connectivity index (χ3v) is 8.17. The molecule has 1 saturated heterocycles. The molecule has 2 aromatic carbocycles. The molecule has 1 aliphatic rings. The number of aryl methyl sites for hydroxylation is 1. The van der Waals surface area contributed by atoms with Crippen molar-refractivity contribution in [2.24, 2.45) is 12.8 Å². The van der Waals surface area contributed by atoms with E-state index in [0.29, 0.717) is 49.4 Å². The Hall–Kier alpha value is -5.15. The molecule has 0 bridgehead atoms. The lowest BCUT2D eigenvalue weighted by Gasteiger charge is -2.35. The number of likely N-dealkylation sites (tertiary alicyclic amines) is 1. The molecule has 0 aliphatic carbocycles. The van der Waals surface area contributed by atoms with Crippen molar-refractivity contribution in [1.82, 2.24) is 14.5 Å². The number of carbonyl (C=O) groups excluding carboxylic acids is 1. The van der Waals surface area contributed by atoms with Gasteiger partial charge in [-0.1, -0.05) is 31.5 Å². The summed E-state index contributed by atoms with van der Waals surface area (Å²) in [6.45, 7) is 3.40. The van der Waals surface area contributed by atoms with Crippen LogP contribution in [0.2, 0.25) is 0 Å². The number of aliphatic hydroxyl groups excluding tert-OH is 1. The van der Waals surface area contributed by atoms with Crippen molar-refractivity contribution < 1.29 is 60.8 Å². The molecule has 0 spiro atoms. The summed E-state index contributed by atoms with van der Waals surface area (Å²) < 4.78 is 71.7. The number of nitrogens with two attached hydrogens (primary N) is 1. The molecule has 0 saturated carbocycles. The van der Waals surface area contributed by atoms with E-state index in [9.17, 15) is 41.5 Å². The smallest absolute Gasteiger partial charge is 0.475 e. The summed E-state index contributed by atoms with van der Waals surface area (Å²) in [6.07, 6.45) is -2.10. The molecule has 2 atom stereocenters. The first-order chi connectivity index (χ1) is 24.3. The molecule has 3 aromatic rings. The van der Waals surface area contributed by atoms with Gasteiger partial charge in [0, 0.05) is 51.1 Å². The zero-order chi connectivity index (χ0) is 39.3. The standard InChI is InChI=1S/C30H37N5O3.2C2HF3O2/c1-3-30(12-4-5-13-35(29(30)37)14-7-15-36)24-8-6-9-26(17-24)38-28-16-22(10-11-23(28)19-31)27(32)18-25-20-33-21-34(25)2;2*3-2(4,5)1(6)7/h6,8-11,16-17,20-21,27,36H,3-5,7,12-15,18,32H2,1-2H3;2*(H,6,7). The SMILES string of the molecule is CCC1(c2cccc(Oc3cc(C(N)Cc4cncn4C)ccc3C#N)c2)CCCCN(CCCO)C1=O.O=C(O)C(F)(F)F.O=C(O)C(F)(F)F. The molecule has 52 heavy (non-hydrogen) atoms. The van der Waals surface area contributed by atoms with Gasteiger partial charge in [-0.3, -0.25) is 4.79 Å². The second-order valence-electron chi connectivity index (χ2n) is 11.7. The zero-order valence-electron chi connectivity index (χ0n) is 28.2. The molecule has 1 amide bonds. The van der Waals surface area contributed by atoms with Crippen molar-refractivity contribution in [1.29, 1.82) is 5.26 Å². The third kappa shape index (κ3) is 12.0. The van der Waals surface area contributed by atoms with Gasteiger partial charge in [-0.25, -0.2) is 14.6 Å². The van der Waals surface area contributed by atoms with Crippen LogP contribution >= 0.6 is 0 Å². The van der Waals surface area contributed by atoms with Crippen molar-refractivity contribution in [3.63, 3.8) is 0 Å². The predicted octanol–water partition coefficient (Wildman–Crippen LogP) is 5.64. The number of nitrogens with zero attached hydrogens (tertiary/aromatic N) is 4. The highest BCUT2D eigenvalue weighted by atomic mass is 19.4. The number of nitriles is 1. The fourth-order valence-corrected chi connectivity index (χ4v) is 5.37. The van der Waals surface area contributed by atoms with E-state index in [0.717, 1.165) is 36.1 Å². The van der Waals surface area contributed by atoms with Gasteiger partial charge in [0.1, 0.15) is 17.6 Å². The normalized spacial score (nSPS) is 16.6. The van der Waals surface area contributed by atoms with E-state index in [1.807, 2.05) is 52.9 Å². The van der Waals surface area contributed by atoms with E-state index in [1.54, 1.807) is 18.6 Å². The lowest BCUT2D eigenvalue weighted by Crippen LogP contribution is -2.45. The first-order valence-electron chi connectivity index (χ1n) is 15.8. The van der Waals surface area contributed by atoms with Crippen LogP contribution in [0.3, 0.4) is 0 Å². The van der Waals surface area contributed by atoms with Gasteiger partial charge in [-0.2, -0.15) is 31.6 Å². The molecule has 4 rings (SSSR count). The molecular formula is C34H39F6N5O7. The number of carboxylic acids is 2. The van der Waals surface area contributed by atoms with Crippen LogP contribution in [0.5, 0.6) is 11.5 Å².